The van der Waals surface area contributed by atoms with Gasteiger partial charge in [0.2, 0.25) is 21.8 Å². The van der Waals surface area contributed by atoms with Crippen LogP contribution >= 0.6 is 0 Å². The molecule has 5 rings (SSSR count). The number of nitrogens with zero attached hydrogens (tertiary/aromatic N) is 3. The van der Waals surface area contributed by atoms with Gasteiger partial charge in [0.25, 0.3) is 0 Å². The van der Waals surface area contributed by atoms with Crippen LogP contribution in [0.5, 0.6) is 0 Å². The number of fused-ring (bicyclic) bond motifs is 3. The van der Waals surface area contributed by atoms with Crippen molar-refractivity contribution in [1.29, 1.82) is 0 Å². The molecule has 0 radical (unpaired) electrons. The van der Waals surface area contributed by atoms with Gasteiger partial charge in [-0.3, -0.25) is 14.5 Å². The van der Waals surface area contributed by atoms with E-state index in [1.54, 1.807) is 12.1 Å². The maximum absolute atomic E-state index is 13.6. The van der Waals surface area contributed by atoms with Gasteiger partial charge in [0.1, 0.15) is 12.6 Å². The third-order valence-electron chi connectivity index (χ3n) is 7.83. The van der Waals surface area contributed by atoms with Gasteiger partial charge in [-0.15, -0.1) is 0 Å². The summed E-state index contributed by atoms with van der Waals surface area (Å²) in [5, 5.41) is 3.15. The molecule has 0 spiro atoms. The first-order chi connectivity index (χ1) is 16.4. The Hall–Kier alpha value is -2.13. The molecular weight excluding hydrogens is 452 g/mol. The maximum Gasteiger partial charge on any atom is 0.250 e. The molecule has 0 aromatic heterocycles. The lowest BCUT2D eigenvalue weighted by atomic mass is 9.96. The molecule has 1 unspecified atom stereocenters. The van der Waals surface area contributed by atoms with Crippen LogP contribution in [0.3, 0.4) is 0 Å². The molecule has 8 nitrogen and oxygen atoms in total. The molecular formula is C25H36N4O4S. The lowest BCUT2D eigenvalue weighted by molar-refractivity contribution is -0.125. The van der Waals surface area contributed by atoms with Crippen molar-refractivity contribution in [3.8, 4) is 0 Å². The third-order valence-corrected chi connectivity index (χ3v) is 9.72. The summed E-state index contributed by atoms with van der Waals surface area (Å²) in [6.07, 6.45) is 11.1. The first-order valence-corrected chi connectivity index (χ1v) is 14.4. The van der Waals surface area contributed by atoms with E-state index in [2.05, 4.69) is 10.2 Å². The number of rotatable bonds is 5. The fraction of sp³-hybridized carbons (Fsp3) is 0.680. The Kier molecular flexibility index (Phi) is 6.84. The van der Waals surface area contributed by atoms with Crippen molar-refractivity contribution >= 4 is 33.2 Å². The van der Waals surface area contributed by atoms with E-state index in [-0.39, 0.29) is 35.3 Å². The Bertz CT molecular complexity index is 1030. The molecule has 1 atom stereocenters. The van der Waals surface area contributed by atoms with Crippen molar-refractivity contribution in [3.05, 3.63) is 18.2 Å². The van der Waals surface area contributed by atoms with Crippen molar-refractivity contribution in [2.24, 2.45) is 0 Å². The molecule has 1 aromatic rings. The Balaban J connectivity index is 1.45. The summed E-state index contributed by atoms with van der Waals surface area (Å²) in [6.45, 7) is 1.75. The number of sulfonamides is 1. The molecule has 1 N–H and O–H groups in total. The Morgan fingerprint density at radius 3 is 2.29 bits per heavy atom. The van der Waals surface area contributed by atoms with E-state index in [1.807, 2.05) is 6.07 Å². The highest BCUT2D eigenvalue weighted by Gasteiger charge is 2.41. The quantitative estimate of drug-likeness (QED) is 0.644. The predicted molar refractivity (Wildman–Crippen MR) is 131 cm³/mol. The lowest BCUT2D eigenvalue weighted by Gasteiger charge is -2.45. The molecule has 2 amide bonds. The standard InChI is InChI=1S/C25H36N4O4S/c30-24(26-19-9-3-1-2-4-10-19)18-29-23-17-20(34(32,33)27-14-7-8-15-27)12-13-21(23)28-16-6-5-11-22(28)25(29)31/h12-13,17,19,22H,1-11,14-16,18H2,(H,26,30). The zero-order valence-electron chi connectivity index (χ0n) is 19.9. The lowest BCUT2D eigenvalue weighted by Crippen LogP contribution is -2.57. The summed E-state index contributed by atoms with van der Waals surface area (Å²) < 4.78 is 28.0. The molecule has 1 saturated carbocycles. The Morgan fingerprint density at radius 2 is 1.56 bits per heavy atom. The summed E-state index contributed by atoms with van der Waals surface area (Å²) >= 11 is 0. The van der Waals surface area contributed by atoms with Crippen molar-refractivity contribution < 1.29 is 18.0 Å². The Morgan fingerprint density at radius 1 is 0.882 bits per heavy atom. The van der Waals surface area contributed by atoms with Gasteiger partial charge in [0, 0.05) is 25.7 Å². The van der Waals surface area contributed by atoms with Crippen LogP contribution in [0, 0.1) is 0 Å². The number of carbonyl (C=O) groups is 2. The van der Waals surface area contributed by atoms with Crippen LogP contribution in [-0.2, 0) is 19.6 Å². The van der Waals surface area contributed by atoms with Crippen molar-refractivity contribution in [2.45, 2.75) is 87.6 Å². The van der Waals surface area contributed by atoms with E-state index in [9.17, 15) is 18.0 Å². The molecule has 4 aliphatic rings. The molecule has 186 valence electrons. The Labute approximate surface area is 202 Å². The number of hydrogen-bond donors (Lipinski definition) is 1. The minimum absolute atomic E-state index is 0.0696. The van der Waals surface area contributed by atoms with E-state index in [1.165, 1.54) is 22.0 Å². The highest BCUT2D eigenvalue weighted by molar-refractivity contribution is 7.89. The smallest absolute Gasteiger partial charge is 0.250 e. The topological polar surface area (TPSA) is 90.0 Å². The van der Waals surface area contributed by atoms with Crippen LogP contribution in [0.1, 0.15) is 70.6 Å². The van der Waals surface area contributed by atoms with Crippen molar-refractivity contribution in [3.63, 3.8) is 0 Å². The van der Waals surface area contributed by atoms with Gasteiger partial charge >= 0.3 is 0 Å². The minimum atomic E-state index is -3.62. The highest BCUT2D eigenvalue weighted by atomic mass is 32.2. The molecule has 0 bridgehead atoms. The van der Waals surface area contributed by atoms with Crippen LogP contribution in [-0.4, -0.2) is 62.8 Å². The third kappa shape index (κ3) is 4.56. The van der Waals surface area contributed by atoms with E-state index in [4.69, 9.17) is 0 Å². The zero-order chi connectivity index (χ0) is 23.7. The molecule has 1 aliphatic carbocycles. The van der Waals surface area contributed by atoms with Gasteiger partial charge in [-0.2, -0.15) is 4.31 Å². The number of amides is 2. The van der Waals surface area contributed by atoms with Crippen LogP contribution in [0.2, 0.25) is 0 Å². The highest BCUT2D eigenvalue weighted by Crippen LogP contribution is 2.41. The molecule has 9 heteroatoms. The second kappa shape index (κ2) is 9.85. The van der Waals surface area contributed by atoms with Gasteiger partial charge in [0.05, 0.1) is 16.3 Å². The number of anilines is 2. The van der Waals surface area contributed by atoms with Gasteiger partial charge in [0.15, 0.2) is 0 Å². The fourth-order valence-corrected chi connectivity index (χ4v) is 7.52. The van der Waals surface area contributed by atoms with Gasteiger partial charge in [-0.05, 0) is 63.1 Å². The predicted octanol–water partition coefficient (Wildman–Crippen LogP) is 3.02. The van der Waals surface area contributed by atoms with E-state index in [0.717, 1.165) is 70.0 Å². The SMILES string of the molecule is O=C(CN1C(=O)C2CCCCN2c2ccc(S(=O)(=O)N3CCCC3)cc21)NC1CCCCCC1. The fourth-order valence-electron chi connectivity index (χ4n) is 5.98. The first-order valence-electron chi connectivity index (χ1n) is 13.0. The molecule has 3 fully saturated rings. The number of carbonyl (C=O) groups excluding carboxylic acids is 2. The summed E-state index contributed by atoms with van der Waals surface area (Å²) in [4.78, 5) is 30.5. The second-order valence-electron chi connectivity index (χ2n) is 10.1. The number of piperidine rings is 1. The minimum Gasteiger partial charge on any atom is -0.358 e. The van der Waals surface area contributed by atoms with Crippen LogP contribution in [0.25, 0.3) is 0 Å². The van der Waals surface area contributed by atoms with E-state index >= 15 is 0 Å². The summed E-state index contributed by atoms with van der Waals surface area (Å²) in [7, 11) is -3.62. The zero-order valence-corrected chi connectivity index (χ0v) is 20.7. The number of hydrogen-bond acceptors (Lipinski definition) is 5. The molecule has 1 aromatic carbocycles. The molecule has 3 aliphatic heterocycles. The van der Waals surface area contributed by atoms with E-state index in [0.29, 0.717) is 18.8 Å². The van der Waals surface area contributed by atoms with Gasteiger partial charge in [-0.1, -0.05) is 25.7 Å². The van der Waals surface area contributed by atoms with Crippen molar-refractivity contribution in [1.82, 2.24) is 9.62 Å². The van der Waals surface area contributed by atoms with Gasteiger partial charge in [-0.25, -0.2) is 8.42 Å². The van der Waals surface area contributed by atoms with Gasteiger partial charge < -0.3 is 10.2 Å². The average molecular weight is 489 g/mol. The van der Waals surface area contributed by atoms with Crippen LogP contribution < -0.4 is 15.1 Å². The number of nitrogens with one attached hydrogen (secondary N) is 1. The number of benzene rings is 1. The van der Waals surface area contributed by atoms with E-state index < -0.39 is 10.0 Å². The summed E-state index contributed by atoms with van der Waals surface area (Å²) in [5.74, 6) is -0.262. The monoisotopic (exact) mass is 488 g/mol. The second-order valence-corrected chi connectivity index (χ2v) is 12.1. The van der Waals surface area contributed by atoms with Crippen molar-refractivity contribution in [2.75, 3.05) is 36.0 Å². The summed E-state index contributed by atoms with van der Waals surface area (Å²) in [5.41, 5.74) is 1.39. The molecule has 34 heavy (non-hydrogen) atoms. The maximum atomic E-state index is 13.6. The first kappa shape index (κ1) is 23.6. The van der Waals surface area contributed by atoms with Crippen LogP contribution in [0.4, 0.5) is 11.4 Å². The van der Waals surface area contributed by atoms with Crippen LogP contribution in [0.15, 0.2) is 23.1 Å². The normalized spacial score (nSPS) is 24.5. The molecule has 2 saturated heterocycles. The summed E-state index contributed by atoms with van der Waals surface area (Å²) in [6, 6.07) is 4.98. The average Bonchev–Trinajstić information content (AvgIpc) is 3.28. The molecule has 3 heterocycles. The largest absolute Gasteiger partial charge is 0.358 e.